The van der Waals surface area contributed by atoms with E-state index in [0.29, 0.717) is 18.6 Å². The minimum atomic E-state index is -2.47. The summed E-state index contributed by atoms with van der Waals surface area (Å²) in [4.78, 5) is 36.3. The number of benzene rings is 2. The largest absolute Gasteiger partial charge is 0.575 e. The number of para-hydroxylation sites is 1. The van der Waals surface area contributed by atoms with Crippen molar-refractivity contribution in [3.8, 4) is 11.5 Å². The molecule has 2 atom stereocenters. The first-order valence-electron chi connectivity index (χ1n) is 12.0. The molecule has 0 bridgehead atoms. The van der Waals surface area contributed by atoms with Gasteiger partial charge in [-0.3, -0.25) is 4.52 Å². The molecule has 0 aromatic heterocycles. The van der Waals surface area contributed by atoms with Crippen LogP contribution in [0.5, 0.6) is 11.5 Å². The molecule has 0 fully saturated rings. The van der Waals surface area contributed by atoms with Crippen molar-refractivity contribution in [1.82, 2.24) is 0 Å². The maximum absolute atomic E-state index is 12.4. The number of aromatic hydroxyl groups is 1. The summed E-state index contributed by atoms with van der Waals surface area (Å²) in [5.74, 6) is -0.629. The highest BCUT2D eigenvalue weighted by molar-refractivity contribution is 7.34. The third-order valence-corrected chi connectivity index (χ3v) is 7.06. The molecule has 2 aromatic rings. The lowest BCUT2D eigenvalue weighted by Crippen LogP contribution is -2.18. The van der Waals surface area contributed by atoms with E-state index < -0.39 is 26.1 Å². The van der Waals surface area contributed by atoms with Crippen molar-refractivity contribution in [1.29, 1.82) is 0 Å². The van der Waals surface area contributed by atoms with Crippen LogP contribution >= 0.6 is 8.17 Å². The highest BCUT2D eigenvalue weighted by Crippen LogP contribution is 2.38. The van der Waals surface area contributed by atoms with Crippen LogP contribution in [-0.2, 0) is 40.1 Å². The second-order valence-corrected chi connectivity index (χ2v) is 9.51. The fourth-order valence-corrected chi connectivity index (χ4v) is 5.06. The Morgan fingerprint density at radius 2 is 2.03 bits per heavy atom. The maximum Gasteiger partial charge on any atom is 0.395 e. The predicted molar refractivity (Wildman–Crippen MR) is 135 cm³/mol. The zero-order chi connectivity index (χ0) is 26.4. The summed E-state index contributed by atoms with van der Waals surface area (Å²) in [7, 11) is -2.47. The molecule has 0 amide bonds. The third-order valence-electron chi connectivity index (χ3n) is 6.17. The van der Waals surface area contributed by atoms with Gasteiger partial charge in [0.2, 0.25) is 0 Å². The van der Waals surface area contributed by atoms with Gasteiger partial charge in [-0.2, -0.15) is 0 Å². The molecular weight excluding hydrogens is 481 g/mol. The Morgan fingerprint density at radius 3 is 2.72 bits per heavy atom. The van der Waals surface area contributed by atoms with Crippen molar-refractivity contribution >= 4 is 20.1 Å². The normalized spacial score (nSPS) is 14.3. The fourth-order valence-electron chi connectivity index (χ4n) is 4.29. The first kappa shape index (κ1) is 27.4. The van der Waals surface area contributed by atoms with Crippen molar-refractivity contribution in [2.75, 3.05) is 6.61 Å². The van der Waals surface area contributed by atoms with Gasteiger partial charge in [0.05, 0.1) is 6.61 Å². The second kappa shape index (κ2) is 12.2. The van der Waals surface area contributed by atoms with E-state index in [1.807, 2.05) is 39.0 Å². The monoisotopic (exact) mass is 513 g/mol. The van der Waals surface area contributed by atoms with Crippen LogP contribution in [0.15, 0.2) is 40.7 Å². The summed E-state index contributed by atoms with van der Waals surface area (Å²) in [6.07, 6.45) is 3.69. The topological polar surface area (TPSA) is 117 Å². The van der Waals surface area contributed by atoms with Gasteiger partial charge < -0.3 is 19.5 Å². The number of nitrogens with zero attached hydrogens (tertiary/aromatic N) is 1. The first-order chi connectivity index (χ1) is 17.2. The molecule has 1 aliphatic rings. The number of rotatable bonds is 10. The molecule has 2 unspecified atom stereocenters. The Balaban J connectivity index is 1.79. The minimum absolute atomic E-state index is 0.00272. The van der Waals surface area contributed by atoms with E-state index >= 15 is 0 Å². The summed E-state index contributed by atoms with van der Waals surface area (Å²) in [5.41, 5.74) is 5.58. The lowest BCUT2D eigenvalue weighted by atomic mass is 9.89. The summed E-state index contributed by atoms with van der Waals surface area (Å²) in [6, 6.07) is 6.31. The van der Waals surface area contributed by atoms with E-state index in [4.69, 9.17) is 14.0 Å². The molecule has 192 valence electrons. The van der Waals surface area contributed by atoms with E-state index in [-0.39, 0.29) is 24.5 Å². The van der Waals surface area contributed by atoms with Gasteiger partial charge in [0.15, 0.2) is 11.8 Å². The van der Waals surface area contributed by atoms with Gasteiger partial charge in [0, 0.05) is 16.7 Å². The molecule has 0 radical (unpaired) electrons. The van der Waals surface area contributed by atoms with Crippen LogP contribution in [0.4, 0.5) is 0 Å². The minimum Gasteiger partial charge on any atom is -0.575 e. The molecular formula is C27H32NO7P. The van der Waals surface area contributed by atoms with Gasteiger partial charge >= 0.3 is 20.1 Å². The van der Waals surface area contributed by atoms with Crippen molar-refractivity contribution in [2.24, 2.45) is 4.74 Å². The standard InChI is InChI=1S/C27H32NO7P/c1-6-20-17(4)22-15-34-27(31)24(22)25(29)21(20)13-12-16(3)14-19-10-8-9-11-23(19)35-36(32)28-18(5)26(30)33-7-2/h8-12,18,29H,6-7,13-15H2,1-5H3. The molecule has 3 rings (SSSR count). The van der Waals surface area contributed by atoms with Gasteiger partial charge in [-0.05, 0) is 64.2 Å². The Bertz CT molecular complexity index is 1220. The number of cyclic esters (lactones) is 1. The molecule has 2 aromatic carbocycles. The highest BCUT2D eigenvalue weighted by atomic mass is 31.1. The van der Waals surface area contributed by atoms with Gasteiger partial charge in [-0.25, -0.2) is 9.59 Å². The number of ether oxygens (including phenoxy) is 2. The van der Waals surface area contributed by atoms with Gasteiger partial charge in [0.1, 0.15) is 17.9 Å². The fraction of sp³-hybridized carbons (Fsp3) is 0.407. The Labute approximate surface area is 212 Å². The number of phenolic OH excluding ortho intramolecular Hbond substituents is 1. The SMILES string of the molecule is CCOC(=O)C(C)N=[P+]([O-])Oc1ccccc1CC(C)=CCc1c(O)c2c(c(C)c1CC)COC2=O. The number of hydrogen-bond donors (Lipinski definition) is 1. The zero-order valence-corrected chi connectivity index (χ0v) is 22.2. The van der Waals surface area contributed by atoms with Crippen molar-refractivity contribution in [3.63, 3.8) is 0 Å². The number of fused-ring (bicyclic) bond motifs is 1. The molecule has 9 heteroatoms. The molecule has 36 heavy (non-hydrogen) atoms. The predicted octanol–water partition coefficient (Wildman–Crippen LogP) is 4.85. The number of phenols is 1. The van der Waals surface area contributed by atoms with Crippen LogP contribution in [0.2, 0.25) is 0 Å². The van der Waals surface area contributed by atoms with Gasteiger partial charge in [-0.15, -0.1) is 0 Å². The van der Waals surface area contributed by atoms with E-state index in [1.165, 1.54) is 6.92 Å². The quantitative estimate of drug-likeness (QED) is 0.274. The first-order valence-corrected chi connectivity index (χ1v) is 13.1. The smallest absolute Gasteiger partial charge is 0.395 e. The van der Waals surface area contributed by atoms with E-state index in [9.17, 15) is 19.6 Å². The number of carbonyl (C=O) groups excluding carboxylic acids is 2. The average Bonchev–Trinajstić information content (AvgIpc) is 3.23. The number of esters is 2. The number of allylic oxidation sites excluding steroid dienone is 2. The van der Waals surface area contributed by atoms with Crippen molar-refractivity contribution < 1.29 is 33.6 Å². The number of hydrogen-bond acceptors (Lipinski definition) is 8. The highest BCUT2D eigenvalue weighted by Gasteiger charge is 2.30. The van der Waals surface area contributed by atoms with Crippen LogP contribution in [0.3, 0.4) is 0 Å². The Hall–Kier alpha value is -3.22. The second-order valence-electron chi connectivity index (χ2n) is 8.63. The van der Waals surface area contributed by atoms with Crippen molar-refractivity contribution in [2.45, 2.75) is 66.5 Å². The van der Waals surface area contributed by atoms with Crippen LogP contribution in [0.25, 0.3) is 0 Å². The molecule has 1 N–H and O–H groups in total. The Kier molecular flexibility index (Phi) is 9.24. The van der Waals surface area contributed by atoms with E-state index in [0.717, 1.165) is 39.8 Å². The summed E-state index contributed by atoms with van der Waals surface area (Å²) in [5, 5.41) is 10.9. The third kappa shape index (κ3) is 6.12. The number of carbonyl (C=O) groups is 2. The van der Waals surface area contributed by atoms with E-state index in [1.54, 1.807) is 19.1 Å². The molecule has 1 heterocycles. The summed E-state index contributed by atoms with van der Waals surface area (Å²) in [6.45, 7) is 9.55. The molecule has 0 saturated carbocycles. The zero-order valence-electron chi connectivity index (χ0n) is 21.3. The molecule has 1 aliphatic heterocycles. The van der Waals surface area contributed by atoms with Crippen molar-refractivity contribution in [3.05, 3.63) is 69.3 Å². The average molecular weight is 514 g/mol. The summed E-state index contributed by atoms with van der Waals surface area (Å²) >= 11 is 0. The lowest BCUT2D eigenvalue weighted by molar-refractivity contribution is -0.169. The van der Waals surface area contributed by atoms with Gasteiger partial charge in [-0.1, -0.05) is 41.5 Å². The van der Waals surface area contributed by atoms with Crippen LogP contribution in [0, 0.1) is 6.92 Å². The van der Waals surface area contributed by atoms with Crippen LogP contribution < -0.4 is 9.42 Å². The van der Waals surface area contributed by atoms with E-state index in [2.05, 4.69) is 4.74 Å². The summed E-state index contributed by atoms with van der Waals surface area (Å²) < 4.78 is 19.5. The van der Waals surface area contributed by atoms with Gasteiger partial charge in [0.25, 0.3) is 0 Å². The van der Waals surface area contributed by atoms with Crippen LogP contribution in [0.1, 0.15) is 65.9 Å². The van der Waals surface area contributed by atoms with Crippen LogP contribution in [-0.4, -0.2) is 29.7 Å². The molecule has 0 spiro atoms. The molecule has 8 nitrogen and oxygen atoms in total. The molecule has 0 aliphatic carbocycles. The maximum atomic E-state index is 12.4. The molecule has 0 saturated heterocycles. The lowest BCUT2D eigenvalue weighted by Gasteiger charge is -2.16. The Morgan fingerprint density at radius 1 is 1.31 bits per heavy atom.